The van der Waals surface area contributed by atoms with Crippen molar-refractivity contribution in [1.82, 2.24) is 4.90 Å². The number of amides is 2. The van der Waals surface area contributed by atoms with Gasteiger partial charge < -0.3 is 13.9 Å². The van der Waals surface area contributed by atoms with Crippen LogP contribution in [0.1, 0.15) is 85.8 Å². The molecule has 1 aromatic rings. The maximum absolute atomic E-state index is 13.2. The average Bonchev–Trinajstić information content (AvgIpc) is 3.19. The summed E-state index contributed by atoms with van der Waals surface area (Å²) >= 11 is 0. The number of hydrogen-bond acceptors (Lipinski definition) is 6. The summed E-state index contributed by atoms with van der Waals surface area (Å²) in [7, 11) is -2.07. The standard InChI is InChI=1S/C31H49NO6Si/c1-22(19-25(38-39(9,10)31(6,7)8)16-17-36-28(34)30(3,4)5)18-23(2)20-27(33)32-26(21-37-29(32)35)24-14-12-11-13-15-24/h11-15,23,25-26H,1,16-21H2,2-10H3/t23-,25-,26-/m0/s1. The van der Waals surface area contributed by atoms with Gasteiger partial charge in [0.1, 0.15) is 12.6 Å². The number of imide groups is 1. The fourth-order valence-electron chi connectivity index (χ4n) is 4.28. The van der Waals surface area contributed by atoms with Crippen molar-refractivity contribution in [1.29, 1.82) is 0 Å². The molecule has 39 heavy (non-hydrogen) atoms. The molecule has 3 atom stereocenters. The van der Waals surface area contributed by atoms with Crippen molar-refractivity contribution in [3.05, 3.63) is 48.0 Å². The Kier molecular flexibility index (Phi) is 11.1. The molecule has 0 aromatic heterocycles. The van der Waals surface area contributed by atoms with Gasteiger partial charge in [0.05, 0.1) is 18.1 Å². The minimum Gasteiger partial charge on any atom is -0.465 e. The monoisotopic (exact) mass is 559 g/mol. The molecule has 1 aliphatic rings. The normalized spacial score (nSPS) is 17.9. The van der Waals surface area contributed by atoms with Crippen molar-refractivity contribution in [2.24, 2.45) is 11.3 Å². The lowest BCUT2D eigenvalue weighted by molar-refractivity contribution is -0.153. The molecule has 0 unspecified atom stereocenters. The smallest absolute Gasteiger partial charge is 0.417 e. The third-order valence-corrected chi connectivity index (χ3v) is 12.1. The molecule has 0 bridgehead atoms. The van der Waals surface area contributed by atoms with Crippen LogP contribution in [0.15, 0.2) is 42.5 Å². The lowest BCUT2D eigenvalue weighted by atomic mass is 9.94. The van der Waals surface area contributed by atoms with Gasteiger partial charge in [0.15, 0.2) is 8.32 Å². The molecule has 1 saturated heterocycles. The molecule has 1 aliphatic heterocycles. The third-order valence-electron chi connectivity index (χ3n) is 7.56. The lowest BCUT2D eigenvalue weighted by Crippen LogP contribution is -2.44. The molecule has 8 heteroatoms. The van der Waals surface area contributed by atoms with E-state index in [2.05, 4.69) is 40.4 Å². The Bertz CT molecular complexity index is 1010. The Morgan fingerprint density at radius 2 is 1.69 bits per heavy atom. The Morgan fingerprint density at radius 1 is 1.08 bits per heavy atom. The van der Waals surface area contributed by atoms with Crippen LogP contribution in [0.2, 0.25) is 18.1 Å². The van der Waals surface area contributed by atoms with E-state index in [4.69, 9.17) is 13.9 Å². The summed E-state index contributed by atoms with van der Waals surface area (Å²) in [6.45, 7) is 23.3. The van der Waals surface area contributed by atoms with Crippen LogP contribution in [0.3, 0.4) is 0 Å². The van der Waals surface area contributed by atoms with Gasteiger partial charge in [0.2, 0.25) is 5.91 Å². The number of ether oxygens (including phenoxy) is 2. The highest BCUT2D eigenvalue weighted by atomic mass is 28.4. The molecule has 0 radical (unpaired) electrons. The molecule has 1 fully saturated rings. The van der Waals surface area contributed by atoms with Crippen LogP contribution in [0.5, 0.6) is 0 Å². The number of esters is 1. The van der Waals surface area contributed by atoms with Crippen LogP contribution in [0.4, 0.5) is 4.79 Å². The van der Waals surface area contributed by atoms with Crippen molar-refractivity contribution < 1.29 is 28.3 Å². The summed E-state index contributed by atoms with van der Waals surface area (Å²) in [4.78, 5) is 39.1. The minimum absolute atomic E-state index is 0.0120. The molecule has 1 aromatic carbocycles. The second-order valence-electron chi connectivity index (χ2n) is 13.4. The number of nitrogens with zero attached hydrogens (tertiary/aromatic N) is 1. The zero-order chi connectivity index (χ0) is 29.6. The van der Waals surface area contributed by atoms with Crippen LogP contribution in [-0.4, -0.2) is 50.5 Å². The van der Waals surface area contributed by atoms with Gasteiger partial charge in [-0.1, -0.05) is 70.2 Å². The molecule has 0 aliphatic carbocycles. The van der Waals surface area contributed by atoms with Crippen molar-refractivity contribution in [2.45, 2.75) is 104 Å². The van der Waals surface area contributed by atoms with Gasteiger partial charge in [-0.3, -0.25) is 9.59 Å². The highest BCUT2D eigenvalue weighted by Gasteiger charge is 2.40. The van der Waals surface area contributed by atoms with Gasteiger partial charge in [-0.15, -0.1) is 0 Å². The number of cyclic esters (lactones) is 1. The molecule has 218 valence electrons. The Labute approximate surface area is 236 Å². The number of benzene rings is 1. The molecule has 0 spiro atoms. The van der Waals surface area contributed by atoms with Gasteiger partial charge in [-0.25, -0.2) is 9.69 Å². The van der Waals surface area contributed by atoms with Crippen molar-refractivity contribution in [3.63, 3.8) is 0 Å². The summed E-state index contributed by atoms with van der Waals surface area (Å²) in [5, 5.41) is 0.0357. The fourth-order valence-corrected chi connectivity index (χ4v) is 5.67. The van der Waals surface area contributed by atoms with Crippen LogP contribution < -0.4 is 0 Å². The van der Waals surface area contributed by atoms with Gasteiger partial charge >= 0.3 is 12.1 Å². The first kappa shape index (κ1) is 32.8. The van der Waals surface area contributed by atoms with Gasteiger partial charge in [0.25, 0.3) is 0 Å². The zero-order valence-electron chi connectivity index (χ0n) is 25.5. The quantitative estimate of drug-likeness (QED) is 0.150. The number of hydrogen-bond donors (Lipinski definition) is 0. The molecule has 7 nitrogen and oxygen atoms in total. The summed E-state index contributed by atoms with van der Waals surface area (Å²) < 4.78 is 17.5. The van der Waals surface area contributed by atoms with E-state index in [-0.39, 0.29) is 48.6 Å². The van der Waals surface area contributed by atoms with Gasteiger partial charge in [-0.05, 0) is 63.2 Å². The predicted octanol–water partition coefficient (Wildman–Crippen LogP) is 7.44. The second-order valence-corrected chi connectivity index (χ2v) is 18.2. The minimum atomic E-state index is -2.07. The molecule has 1 heterocycles. The summed E-state index contributed by atoms with van der Waals surface area (Å²) in [5.74, 6) is -0.481. The number of carbonyl (C=O) groups excluding carboxylic acids is 3. The maximum atomic E-state index is 13.2. The summed E-state index contributed by atoms with van der Waals surface area (Å²) in [5.41, 5.74) is 1.30. The predicted molar refractivity (Wildman–Crippen MR) is 157 cm³/mol. The molecule has 2 amide bonds. The SMILES string of the molecule is C=C(C[C@H](C)CC(=O)N1C(=O)OC[C@H]1c1ccccc1)C[C@H](CCOC(=O)C(C)(C)C)O[Si](C)(C)C(C)(C)C. The number of carbonyl (C=O) groups is 3. The summed E-state index contributed by atoms with van der Waals surface area (Å²) in [6, 6.07) is 9.08. The highest BCUT2D eigenvalue weighted by molar-refractivity contribution is 6.74. The molecule has 2 rings (SSSR count). The second kappa shape index (κ2) is 13.3. The molecular weight excluding hydrogens is 510 g/mol. The van der Waals surface area contributed by atoms with E-state index in [1.807, 2.05) is 58.0 Å². The Balaban J connectivity index is 2.01. The van der Waals surface area contributed by atoms with E-state index in [1.54, 1.807) is 0 Å². The van der Waals surface area contributed by atoms with Crippen LogP contribution in [0, 0.1) is 11.3 Å². The molecule has 0 saturated carbocycles. The zero-order valence-corrected chi connectivity index (χ0v) is 26.5. The number of rotatable bonds is 12. The lowest BCUT2D eigenvalue weighted by Gasteiger charge is -2.39. The van der Waals surface area contributed by atoms with E-state index < -0.39 is 25.9 Å². The van der Waals surface area contributed by atoms with E-state index in [0.29, 0.717) is 19.3 Å². The van der Waals surface area contributed by atoms with Crippen LogP contribution >= 0.6 is 0 Å². The van der Waals surface area contributed by atoms with Crippen molar-refractivity contribution >= 4 is 26.3 Å². The molecular formula is C31H49NO6Si. The van der Waals surface area contributed by atoms with Gasteiger partial charge in [0, 0.05) is 12.8 Å². The first-order valence-corrected chi connectivity index (χ1v) is 16.9. The first-order chi connectivity index (χ1) is 17.9. The average molecular weight is 560 g/mol. The third kappa shape index (κ3) is 9.60. The van der Waals surface area contributed by atoms with E-state index in [1.165, 1.54) is 4.90 Å². The van der Waals surface area contributed by atoms with E-state index in [9.17, 15) is 14.4 Å². The van der Waals surface area contributed by atoms with Gasteiger partial charge in [-0.2, -0.15) is 0 Å². The topological polar surface area (TPSA) is 82.1 Å². The molecule has 0 N–H and O–H groups in total. The highest BCUT2D eigenvalue weighted by Crippen LogP contribution is 2.38. The van der Waals surface area contributed by atoms with Crippen molar-refractivity contribution in [3.8, 4) is 0 Å². The largest absolute Gasteiger partial charge is 0.465 e. The summed E-state index contributed by atoms with van der Waals surface area (Å²) in [6.07, 6.45) is 1.32. The first-order valence-electron chi connectivity index (χ1n) is 14.0. The van der Waals surface area contributed by atoms with Crippen LogP contribution in [0.25, 0.3) is 0 Å². The van der Waals surface area contributed by atoms with Crippen LogP contribution in [-0.2, 0) is 23.5 Å². The fraction of sp³-hybridized carbons (Fsp3) is 0.645. The van der Waals surface area contributed by atoms with E-state index >= 15 is 0 Å². The van der Waals surface area contributed by atoms with E-state index in [0.717, 1.165) is 11.1 Å². The Morgan fingerprint density at radius 3 is 2.26 bits per heavy atom. The Hall–Kier alpha value is -2.45. The van der Waals surface area contributed by atoms with Crippen molar-refractivity contribution in [2.75, 3.05) is 13.2 Å². The maximum Gasteiger partial charge on any atom is 0.417 e.